The van der Waals surface area contributed by atoms with Gasteiger partial charge in [0.2, 0.25) is 0 Å². The zero-order chi connectivity index (χ0) is 34.2. The zero-order valence-corrected chi connectivity index (χ0v) is 29.7. The Morgan fingerprint density at radius 2 is 1.12 bits per heavy atom. The average Bonchev–Trinajstić information content (AvgIpc) is 3.53. The second-order valence-electron chi connectivity index (χ2n) is 16.2. The van der Waals surface area contributed by atoms with E-state index in [0.717, 1.165) is 0 Å². The van der Waals surface area contributed by atoms with E-state index in [1.165, 1.54) is 94.6 Å². The van der Waals surface area contributed by atoms with Gasteiger partial charge in [-0.15, -0.1) is 0 Å². The van der Waals surface area contributed by atoms with Gasteiger partial charge in [-0.1, -0.05) is 156 Å². The lowest BCUT2D eigenvalue weighted by atomic mass is 9.67. The highest BCUT2D eigenvalue weighted by molar-refractivity contribution is 6.09. The van der Waals surface area contributed by atoms with Gasteiger partial charge in [0.1, 0.15) is 0 Å². The van der Waals surface area contributed by atoms with Crippen LogP contribution in [0.2, 0.25) is 0 Å². The number of nitrogens with zero attached hydrogens (tertiary/aromatic N) is 1. The van der Waals surface area contributed by atoms with E-state index in [1.807, 2.05) is 0 Å². The second kappa shape index (κ2) is 9.86. The molecule has 1 nitrogen and oxygen atoms in total. The molecule has 1 aliphatic heterocycles. The minimum Gasteiger partial charge on any atom is -0.309 e. The van der Waals surface area contributed by atoms with Gasteiger partial charge in [0.15, 0.2) is 0 Å². The van der Waals surface area contributed by atoms with Crippen LogP contribution in [0.1, 0.15) is 74.9 Å². The van der Waals surface area contributed by atoms with Crippen LogP contribution >= 0.6 is 0 Å². The van der Waals surface area contributed by atoms with Crippen LogP contribution in [0.25, 0.3) is 44.2 Å². The van der Waals surface area contributed by atoms with Gasteiger partial charge in [-0.05, 0) is 97.1 Å². The fraction of sp³-hybridized carbons (Fsp3) is 0.184. The molecule has 0 spiro atoms. The van der Waals surface area contributed by atoms with Crippen molar-refractivity contribution in [1.82, 2.24) is 0 Å². The fourth-order valence-corrected chi connectivity index (χ4v) is 9.96. The molecule has 0 N–H and O–H groups in total. The van der Waals surface area contributed by atoms with Crippen LogP contribution in [0.5, 0.6) is 0 Å². The molecular formula is C49H41N. The number of benzene rings is 7. The van der Waals surface area contributed by atoms with Crippen molar-refractivity contribution in [3.05, 3.63) is 173 Å². The van der Waals surface area contributed by atoms with Crippen molar-refractivity contribution in [3.8, 4) is 33.4 Å². The summed E-state index contributed by atoms with van der Waals surface area (Å²) in [5.74, 6) is 0. The van der Waals surface area contributed by atoms with Crippen molar-refractivity contribution in [2.75, 3.05) is 4.90 Å². The second-order valence-corrected chi connectivity index (χ2v) is 16.2. The summed E-state index contributed by atoms with van der Waals surface area (Å²) in [5, 5.41) is 2.55. The molecule has 242 valence electrons. The standard InChI is InChI=1S/C49H41N/c1-47(2,3)43-41-34-21-10-13-23-37(34)48(4,5)44(41)46-45-42(43)35-22-11-14-24-38(35)49(45,6)32-28-27-31-19-16-26-40(36(31)29-32)50(46)39-25-15-12-20-33(39)30-17-8-7-9-18-30/h7-29H,1-6H3. The Balaban J connectivity index is 1.51. The first-order chi connectivity index (χ1) is 24.1. The minimum absolute atomic E-state index is 0.114. The first-order valence-corrected chi connectivity index (χ1v) is 18.0. The van der Waals surface area contributed by atoms with Crippen LogP contribution in [0.3, 0.4) is 0 Å². The minimum atomic E-state index is -0.372. The number of anilines is 3. The zero-order valence-electron chi connectivity index (χ0n) is 29.7. The van der Waals surface area contributed by atoms with Gasteiger partial charge in [-0.2, -0.15) is 0 Å². The van der Waals surface area contributed by atoms with E-state index in [0.29, 0.717) is 0 Å². The van der Waals surface area contributed by atoms with Gasteiger partial charge in [0.25, 0.3) is 0 Å². The van der Waals surface area contributed by atoms with E-state index in [9.17, 15) is 0 Å². The molecule has 10 rings (SSSR count). The van der Waals surface area contributed by atoms with Crippen molar-refractivity contribution in [2.45, 2.75) is 57.8 Å². The number of fused-ring (bicyclic) bond motifs is 9. The van der Waals surface area contributed by atoms with Crippen LogP contribution in [0, 0.1) is 0 Å². The molecule has 2 aliphatic carbocycles. The van der Waals surface area contributed by atoms with E-state index < -0.39 is 0 Å². The predicted octanol–water partition coefficient (Wildman–Crippen LogP) is 13.2. The lowest BCUT2D eigenvalue weighted by molar-refractivity contribution is 0.589. The summed E-state index contributed by atoms with van der Waals surface area (Å²) in [6.07, 6.45) is 0. The van der Waals surface area contributed by atoms with Crippen LogP contribution in [-0.4, -0.2) is 0 Å². The third-order valence-electron chi connectivity index (χ3n) is 12.1. The number of rotatable bonds is 2. The smallest absolute Gasteiger partial charge is 0.0560 e. The predicted molar refractivity (Wildman–Crippen MR) is 211 cm³/mol. The third-order valence-corrected chi connectivity index (χ3v) is 12.1. The third kappa shape index (κ3) is 3.63. The molecule has 7 aromatic rings. The maximum Gasteiger partial charge on any atom is 0.0560 e. The topological polar surface area (TPSA) is 3.24 Å². The molecule has 1 unspecified atom stereocenters. The summed E-state index contributed by atoms with van der Waals surface area (Å²) >= 11 is 0. The first-order valence-electron chi connectivity index (χ1n) is 18.0. The summed E-state index contributed by atoms with van der Waals surface area (Å²) in [5.41, 5.74) is 19.6. The highest BCUT2D eigenvalue weighted by Crippen LogP contribution is 2.68. The molecule has 0 saturated heterocycles. The largest absolute Gasteiger partial charge is 0.309 e. The van der Waals surface area contributed by atoms with Crippen molar-refractivity contribution in [1.29, 1.82) is 0 Å². The van der Waals surface area contributed by atoms with Crippen LogP contribution in [0.15, 0.2) is 140 Å². The Hall–Kier alpha value is -5.40. The van der Waals surface area contributed by atoms with Crippen molar-refractivity contribution < 1.29 is 0 Å². The number of hydrogen-bond donors (Lipinski definition) is 0. The highest BCUT2D eigenvalue weighted by atomic mass is 15.2. The SMILES string of the molecule is CC(C)(C)c1c2c(c3c4c1-c1ccccc1C4(C)c1ccc4cccc(c4c1)N3c1ccccc1-c1ccccc1)C(C)(C)c1ccccc1-2. The summed E-state index contributed by atoms with van der Waals surface area (Å²) in [7, 11) is 0. The number of hydrogen-bond acceptors (Lipinski definition) is 1. The van der Waals surface area contributed by atoms with E-state index in [2.05, 4.69) is 186 Å². The van der Waals surface area contributed by atoms with Gasteiger partial charge in [0.05, 0.1) is 17.1 Å². The van der Waals surface area contributed by atoms with Gasteiger partial charge < -0.3 is 4.90 Å². The molecule has 7 aromatic carbocycles. The molecule has 50 heavy (non-hydrogen) atoms. The van der Waals surface area contributed by atoms with Gasteiger partial charge >= 0.3 is 0 Å². The molecular weight excluding hydrogens is 603 g/mol. The van der Waals surface area contributed by atoms with Crippen molar-refractivity contribution >= 4 is 27.8 Å². The first kappa shape index (κ1) is 29.5. The van der Waals surface area contributed by atoms with Gasteiger partial charge in [0, 0.05) is 21.8 Å². The van der Waals surface area contributed by atoms with E-state index >= 15 is 0 Å². The molecule has 1 heteroatoms. The van der Waals surface area contributed by atoms with Crippen LogP contribution in [0.4, 0.5) is 17.1 Å². The maximum atomic E-state index is 2.68. The normalized spacial score (nSPS) is 17.6. The summed E-state index contributed by atoms with van der Waals surface area (Å²) < 4.78 is 0. The molecule has 1 atom stereocenters. The molecule has 1 heterocycles. The van der Waals surface area contributed by atoms with Gasteiger partial charge in [-0.25, -0.2) is 0 Å². The Morgan fingerprint density at radius 3 is 1.86 bits per heavy atom. The Bertz CT molecular complexity index is 2560. The molecule has 0 amide bonds. The number of para-hydroxylation sites is 1. The lowest BCUT2D eigenvalue weighted by Crippen LogP contribution is -2.31. The van der Waals surface area contributed by atoms with Gasteiger partial charge in [-0.3, -0.25) is 0 Å². The Morgan fingerprint density at radius 1 is 0.520 bits per heavy atom. The van der Waals surface area contributed by atoms with E-state index in [4.69, 9.17) is 0 Å². The van der Waals surface area contributed by atoms with Crippen molar-refractivity contribution in [3.63, 3.8) is 0 Å². The summed E-state index contributed by atoms with van der Waals surface area (Å²) in [6.45, 7) is 14.7. The molecule has 0 saturated carbocycles. The van der Waals surface area contributed by atoms with E-state index in [-0.39, 0.29) is 16.2 Å². The Kier molecular flexibility index (Phi) is 5.82. The summed E-state index contributed by atoms with van der Waals surface area (Å²) in [4.78, 5) is 2.68. The molecule has 3 aliphatic rings. The lowest BCUT2D eigenvalue weighted by Gasteiger charge is -2.42. The quantitative estimate of drug-likeness (QED) is 0.181. The molecule has 0 fully saturated rings. The Labute approximate surface area is 295 Å². The van der Waals surface area contributed by atoms with Crippen LogP contribution in [-0.2, 0) is 16.2 Å². The fourth-order valence-electron chi connectivity index (χ4n) is 9.96. The molecule has 0 aromatic heterocycles. The van der Waals surface area contributed by atoms with Crippen LogP contribution < -0.4 is 4.90 Å². The molecule has 2 bridgehead atoms. The maximum absolute atomic E-state index is 2.68. The van der Waals surface area contributed by atoms with E-state index in [1.54, 1.807) is 0 Å². The molecule has 0 radical (unpaired) electrons. The monoisotopic (exact) mass is 643 g/mol. The summed E-state index contributed by atoms with van der Waals surface area (Å²) in [6, 6.07) is 52.6. The average molecular weight is 644 g/mol. The highest BCUT2D eigenvalue weighted by Gasteiger charge is 2.52. The van der Waals surface area contributed by atoms with Crippen molar-refractivity contribution in [2.24, 2.45) is 0 Å².